The van der Waals surface area contributed by atoms with Crippen LogP contribution in [0.1, 0.15) is 39.2 Å². The van der Waals surface area contributed by atoms with E-state index < -0.39 is 11.7 Å². The van der Waals surface area contributed by atoms with Gasteiger partial charge in [-0.25, -0.2) is 4.79 Å². The maximum Gasteiger partial charge on any atom is 0.413 e. The number of benzene rings is 1. The number of rotatable bonds is 4. The van der Waals surface area contributed by atoms with Crippen molar-refractivity contribution in [2.24, 2.45) is 5.92 Å². The van der Waals surface area contributed by atoms with Crippen LogP contribution in [-0.4, -0.2) is 35.0 Å². The number of carbonyl (C=O) groups is 1. The van der Waals surface area contributed by atoms with Gasteiger partial charge in [0.1, 0.15) is 5.60 Å². The second kappa shape index (κ2) is 8.37. The van der Waals surface area contributed by atoms with Gasteiger partial charge in [0.15, 0.2) is 11.6 Å². The zero-order valence-corrected chi connectivity index (χ0v) is 16.3. The number of carbonyl (C=O) groups excluding carboxylic acids is 1. The lowest BCUT2D eigenvalue weighted by Gasteiger charge is -2.32. The number of ether oxygens (including phenoxy) is 1. The van der Waals surface area contributed by atoms with E-state index in [1.54, 1.807) is 6.07 Å². The van der Waals surface area contributed by atoms with Gasteiger partial charge in [0.25, 0.3) is 0 Å². The van der Waals surface area contributed by atoms with Crippen LogP contribution in [0.4, 0.5) is 16.4 Å². The van der Waals surface area contributed by atoms with Gasteiger partial charge in [-0.05, 0) is 63.6 Å². The molecule has 0 bridgehead atoms. The molecule has 0 saturated carbocycles. The van der Waals surface area contributed by atoms with Crippen molar-refractivity contribution in [3.8, 4) is 0 Å². The molecule has 6 heteroatoms. The second-order valence-electron chi connectivity index (χ2n) is 8.02. The highest BCUT2D eigenvalue weighted by atomic mass is 16.6. The first-order chi connectivity index (χ1) is 12.9. The molecular weight excluding hydrogens is 340 g/mol. The number of aromatic nitrogens is 2. The molecular formula is C21H28N4O2. The summed E-state index contributed by atoms with van der Waals surface area (Å²) in [5, 5.41) is 11.0. The lowest BCUT2D eigenvalue weighted by Crippen LogP contribution is -2.35. The van der Waals surface area contributed by atoms with Crippen molar-refractivity contribution in [3.05, 3.63) is 48.0 Å². The monoisotopic (exact) mass is 368 g/mol. The zero-order chi connectivity index (χ0) is 19.3. The molecule has 1 aliphatic rings. The zero-order valence-electron chi connectivity index (χ0n) is 16.3. The van der Waals surface area contributed by atoms with E-state index >= 15 is 0 Å². The molecule has 0 unspecified atom stereocenters. The maximum atomic E-state index is 11.8. The van der Waals surface area contributed by atoms with E-state index in [-0.39, 0.29) is 0 Å². The van der Waals surface area contributed by atoms with Crippen molar-refractivity contribution in [1.29, 1.82) is 0 Å². The van der Waals surface area contributed by atoms with Gasteiger partial charge >= 0.3 is 6.09 Å². The number of nitrogens with one attached hydrogen (secondary N) is 1. The van der Waals surface area contributed by atoms with Gasteiger partial charge in [-0.1, -0.05) is 30.3 Å². The highest BCUT2D eigenvalue weighted by Gasteiger charge is 2.21. The Balaban J connectivity index is 1.49. The third-order valence-electron chi connectivity index (χ3n) is 4.59. The smallest absolute Gasteiger partial charge is 0.413 e. The number of anilines is 2. The van der Waals surface area contributed by atoms with Gasteiger partial charge < -0.3 is 9.64 Å². The van der Waals surface area contributed by atoms with Crippen LogP contribution < -0.4 is 10.2 Å². The molecule has 144 valence electrons. The Kier molecular flexibility index (Phi) is 5.94. The number of hydrogen-bond donors (Lipinski definition) is 1. The van der Waals surface area contributed by atoms with Crippen molar-refractivity contribution in [2.45, 2.75) is 45.6 Å². The van der Waals surface area contributed by atoms with Crippen molar-refractivity contribution in [3.63, 3.8) is 0 Å². The molecule has 0 aliphatic carbocycles. The molecule has 1 aliphatic heterocycles. The van der Waals surface area contributed by atoms with Gasteiger partial charge in [0, 0.05) is 13.1 Å². The van der Waals surface area contributed by atoms with Crippen LogP contribution in [-0.2, 0) is 11.2 Å². The van der Waals surface area contributed by atoms with E-state index in [0.29, 0.717) is 11.7 Å². The van der Waals surface area contributed by atoms with Gasteiger partial charge in [-0.15, -0.1) is 10.2 Å². The Hall–Kier alpha value is -2.63. The second-order valence-corrected chi connectivity index (χ2v) is 8.02. The molecule has 27 heavy (non-hydrogen) atoms. The first-order valence-corrected chi connectivity index (χ1v) is 9.52. The first kappa shape index (κ1) is 19.1. The summed E-state index contributed by atoms with van der Waals surface area (Å²) in [4.78, 5) is 14.0. The summed E-state index contributed by atoms with van der Waals surface area (Å²) in [5.74, 6) is 1.96. The van der Waals surface area contributed by atoms with Crippen LogP contribution >= 0.6 is 0 Å². The normalized spacial score (nSPS) is 15.4. The maximum absolute atomic E-state index is 11.8. The van der Waals surface area contributed by atoms with E-state index in [4.69, 9.17) is 4.74 Å². The summed E-state index contributed by atoms with van der Waals surface area (Å²) in [6.45, 7) is 7.42. The molecule has 1 saturated heterocycles. The third kappa shape index (κ3) is 5.94. The molecule has 1 N–H and O–H groups in total. The summed E-state index contributed by atoms with van der Waals surface area (Å²) < 4.78 is 5.22. The fraction of sp³-hybridized carbons (Fsp3) is 0.476. The molecule has 1 amide bonds. The van der Waals surface area contributed by atoms with Crippen LogP contribution in [0.2, 0.25) is 0 Å². The summed E-state index contributed by atoms with van der Waals surface area (Å²) in [7, 11) is 0. The molecule has 1 aromatic heterocycles. The minimum Gasteiger partial charge on any atom is -0.444 e. The summed E-state index contributed by atoms with van der Waals surface area (Å²) in [6, 6.07) is 14.3. The van der Waals surface area contributed by atoms with Gasteiger partial charge in [0.2, 0.25) is 0 Å². The first-order valence-electron chi connectivity index (χ1n) is 9.52. The van der Waals surface area contributed by atoms with Crippen molar-refractivity contribution in [2.75, 3.05) is 23.3 Å². The lowest BCUT2D eigenvalue weighted by atomic mass is 9.90. The van der Waals surface area contributed by atoms with E-state index in [9.17, 15) is 4.79 Å². The minimum atomic E-state index is -0.540. The Labute approximate surface area is 160 Å². The Morgan fingerprint density at radius 3 is 2.41 bits per heavy atom. The molecule has 0 radical (unpaired) electrons. The average molecular weight is 368 g/mol. The predicted molar refractivity (Wildman–Crippen MR) is 107 cm³/mol. The fourth-order valence-electron chi connectivity index (χ4n) is 3.28. The quantitative estimate of drug-likeness (QED) is 0.872. The minimum absolute atomic E-state index is 0.395. The van der Waals surface area contributed by atoms with E-state index in [1.165, 1.54) is 5.56 Å². The largest absolute Gasteiger partial charge is 0.444 e. The van der Waals surface area contributed by atoms with Gasteiger partial charge in [-0.2, -0.15) is 0 Å². The van der Waals surface area contributed by atoms with Crippen molar-refractivity contribution < 1.29 is 9.53 Å². The molecule has 0 spiro atoms. The predicted octanol–water partition coefficient (Wildman–Crippen LogP) is 4.28. The molecule has 3 rings (SSSR count). The van der Waals surface area contributed by atoms with Crippen molar-refractivity contribution in [1.82, 2.24) is 10.2 Å². The average Bonchev–Trinajstić information content (AvgIpc) is 2.62. The fourth-order valence-corrected chi connectivity index (χ4v) is 3.28. The number of nitrogens with zero attached hydrogens (tertiary/aromatic N) is 3. The van der Waals surface area contributed by atoms with Crippen LogP contribution in [0.25, 0.3) is 0 Å². The molecule has 1 aromatic carbocycles. The molecule has 2 heterocycles. The Morgan fingerprint density at radius 2 is 1.81 bits per heavy atom. The Bertz CT molecular complexity index is 733. The number of amides is 1. The topological polar surface area (TPSA) is 67.3 Å². The highest BCUT2D eigenvalue weighted by molar-refractivity contribution is 5.83. The van der Waals surface area contributed by atoms with E-state index in [1.807, 2.05) is 26.8 Å². The van der Waals surface area contributed by atoms with Crippen LogP contribution in [0.5, 0.6) is 0 Å². The van der Waals surface area contributed by atoms with Crippen LogP contribution in [0, 0.1) is 5.92 Å². The standard InChI is InChI=1S/C21H28N4O2/c1-21(2,3)27-20(26)22-18-9-10-19(24-23-18)25-13-11-17(12-14-25)15-16-7-5-4-6-8-16/h4-10,17H,11-15H2,1-3H3,(H,22,23,26). The number of piperidine rings is 1. The Morgan fingerprint density at radius 1 is 1.11 bits per heavy atom. The molecule has 6 nitrogen and oxygen atoms in total. The SMILES string of the molecule is CC(C)(C)OC(=O)Nc1ccc(N2CCC(Cc3ccccc3)CC2)nn1. The highest BCUT2D eigenvalue weighted by Crippen LogP contribution is 2.24. The third-order valence-corrected chi connectivity index (χ3v) is 4.59. The number of hydrogen-bond acceptors (Lipinski definition) is 5. The van der Waals surface area contributed by atoms with Crippen molar-refractivity contribution >= 4 is 17.7 Å². The summed E-state index contributed by atoms with van der Waals surface area (Å²) in [6.07, 6.45) is 2.91. The van der Waals surface area contributed by atoms with E-state index in [0.717, 1.165) is 38.2 Å². The summed E-state index contributed by atoms with van der Waals surface area (Å²) >= 11 is 0. The molecule has 0 atom stereocenters. The van der Waals surface area contributed by atoms with E-state index in [2.05, 4.69) is 50.7 Å². The summed E-state index contributed by atoms with van der Waals surface area (Å²) in [5.41, 5.74) is 0.870. The van der Waals surface area contributed by atoms with Gasteiger partial charge in [0.05, 0.1) is 0 Å². The van der Waals surface area contributed by atoms with Crippen LogP contribution in [0.15, 0.2) is 42.5 Å². The van der Waals surface area contributed by atoms with Gasteiger partial charge in [-0.3, -0.25) is 5.32 Å². The molecule has 1 fully saturated rings. The lowest BCUT2D eigenvalue weighted by molar-refractivity contribution is 0.0635. The molecule has 2 aromatic rings. The van der Waals surface area contributed by atoms with Crippen LogP contribution in [0.3, 0.4) is 0 Å².